The number of benzene rings is 2. The lowest BCUT2D eigenvalue weighted by Gasteiger charge is -2.18. The number of anilines is 1. The van der Waals surface area contributed by atoms with Crippen LogP contribution in [0.4, 0.5) is 5.69 Å². The molecule has 0 saturated carbocycles. The highest BCUT2D eigenvalue weighted by atomic mass is 16.5. The lowest BCUT2D eigenvalue weighted by atomic mass is 9.97. The zero-order valence-corrected chi connectivity index (χ0v) is 14.5. The second-order valence-electron chi connectivity index (χ2n) is 5.90. The molecule has 0 atom stereocenters. The molecule has 3 rings (SSSR count). The van der Waals surface area contributed by atoms with Crippen LogP contribution in [-0.2, 0) is 4.74 Å². The monoisotopic (exact) mass is 342 g/mol. The summed E-state index contributed by atoms with van der Waals surface area (Å²) in [6.45, 7) is 3.59. The number of rotatable bonds is 8. The van der Waals surface area contributed by atoms with Gasteiger partial charge in [0, 0.05) is 19.0 Å². The van der Waals surface area contributed by atoms with Crippen molar-refractivity contribution >= 4 is 28.3 Å². The predicted octanol–water partition coefficient (Wildman–Crippen LogP) is 2.96. The molecule has 6 nitrogen and oxygen atoms in total. The third-order valence-electron chi connectivity index (χ3n) is 4.22. The molecule has 6 heteroatoms. The number of unbranched alkanes of at least 4 members (excludes halogenated alkanes) is 1. The first kappa shape index (κ1) is 17.2. The molecule has 0 saturated heterocycles. The number of fused-ring (bicyclic) bond motifs is 3. The number of carbonyl (C=O) groups excluding carboxylic acids is 2. The molecule has 25 heavy (non-hydrogen) atoms. The summed E-state index contributed by atoms with van der Waals surface area (Å²) in [6.07, 6.45) is 1.97. The van der Waals surface area contributed by atoms with Crippen molar-refractivity contribution in [2.24, 2.45) is 0 Å². The maximum atomic E-state index is 12.4. The Labute approximate surface area is 146 Å². The van der Waals surface area contributed by atoms with Crippen molar-refractivity contribution in [1.82, 2.24) is 5.32 Å². The topological polar surface area (TPSA) is 76.7 Å². The third-order valence-corrected chi connectivity index (χ3v) is 4.22. The van der Waals surface area contributed by atoms with E-state index in [1.807, 2.05) is 24.3 Å². The van der Waals surface area contributed by atoms with Gasteiger partial charge in [0.05, 0.1) is 23.4 Å². The van der Waals surface area contributed by atoms with Crippen LogP contribution in [0.5, 0.6) is 5.75 Å². The Bertz CT molecular complexity index is 817. The minimum absolute atomic E-state index is 0.358. The normalized spacial score (nSPS) is 13.0. The van der Waals surface area contributed by atoms with E-state index >= 15 is 0 Å². The van der Waals surface area contributed by atoms with E-state index in [-0.39, 0.29) is 11.8 Å². The summed E-state index contributed by atoms with van der Waals surface area (Å²) < 4.78 is 11.0. The number of hydrogen-bond donors (Lipinski definition) is 2. The summed E-state index contributed by atoms with van der Waals surface area (Å²) in [4.78, 5) is 24.7. The van der Waals surface area contributed by atoms with Crippen molar-refractivity contribution in [1.29, 1.82) is 0 Å². The largest absolute Gasteiger partial charge is 0.488 e. The molecule has 132 valence electrons. The molecule has 0 aromatic heterocycles. The molecule has 0 unspecified atom stereocenters. The van der Waals surface area contributed by atoms with Crippen LogP contribution in [0.1, 0.15) is 40.5 Å². The maximum absolute atomic E-state index is 12.4. The van der Waals surface area contributed by atoms with Gasteiger partial charge < -0.3 is 14.8 Å². The van der Waals surface area contributed by atoms with E-state index in [4.69, 9.17) is 9.47 Å². The lowest BCUT2D eigenvalue weighted by molar-refractivity contribution is 0.0880. The number of carbonyl (C=O) groups is 2. The summed E-state index contributed by atoms with van der Waals surface area (Å²) in [5.41, 5.74) is 1.37. The molecular formula is C19H22N2O4. The Morgan fingerprint density at radius 2 is 1.76 bits per heavy atom. The van der Waals surface area contributed by atoms with E-state index in [2.05, 4.69) is 17.6 Å². The lowest BCUT2D eigenvalue weighted by Crippen LogP contribution is -2.20. The molecule has 2 amide bonds. The number of nitrogens with one attached hydrogen (secondary N) is 2. The van der Waals surface area contributed by atoms with Crippen molar-refractivity contribution in [3.8, 4) is 5.75 Å². The van der Waals surface area contributed by atoms with E-state index in [0.29, 0.717) is 47.7 Å². The smallest absolute Gasteiger partial charge is 0.261 e. The summed E-state index contributed by atoms with van der Waals surface area (Å²) in [5, 5.41) is 7.23. The Kier molecular flexibility index (Phi) is 5.19. The Morgan fingerprint density at radius 3 is 2.48 bits per heavy atom. The summed E-state index contributed by atoms with van der Waals surface area (Å²) >= 11 is 0. The standard InChI is InChI=1S/C19H22N2O4/c1-3-4-9-20-16-15-14(18(22)21-19(15)23)12-7-5-6-8-13(12)17(16)25-11-10-24-2/h5-8,20H,3-4,9-11H2,1-2H3,(H,21,22,23). The molecule has 0 fully saturated rings. The average Bonchev–Trinajstić information content (AvgIpc) is 2.91. The number of ether oxygens (including phenoxy) is 2. The van der Waals surface area contributed by atoms with Crippen LogP contribution < -0.4 is 15.4 Å². The molecule has 2 aromatic carbocycles. The SMILES string of the molecule is CCCCNc1c2c(c3ccccc3c1OCCOC)C(=O)NC2=O. The summed E-state index contributed by atoms with van der Waals surface area (Å²) in [5.74, 6) is -0.160. The fourth-order valence-corrected chi connectivity index (χ4v) is 3.03. The van der Waals surface area contributed by atoms with Crippen LogP contribution in [0.25, 0.3) is 10.8 Å². The van der Waals surface area contributed by atoms with Crippen molar-refractivity contribution in [2.45, 2.75) is 19.8 Å². The van der Waals surface area contributed by atoms with Gasteiger partial charge in [-0.2, -0.15) is 0 Å². The molecule has 0 radical (unpaired) electrons. The Balaban J connectivity index is 2.19. The molecule has 1 aliphatic rings. The first-order valence-electron chi connectivity index (χ1n) is 8.49. The van der Waals surface area contributed by atoms with Crippen molar-refractivity contribution in [3.63, 3.8) is 0 Å². The fraction of sp³-hybridized carbons (Fsp3) is 0.368. The van der Waals surface area contributed by atoms with Crippen LogP contribution in [-0.4, -0.2) is 38.7 Å². The summed E-state index contributed by atoms with van der Waals surface area (Å²) in [6, 6.07) is 7.48. The molecule has 2 aromatic rings. The highest BCUT2D eigenvalue weighted by Gasteiger charge is 2.34. The minimum Gasteiger partial charge on any atom is -0.488 e. The molecule has 0 bridgehead atoms. The van der Waals surface area contributed by atoms with Crippen molar-refractivity contribution < 1.29 is 19.1 Å². The molecule has 1 heterocycles. The minimum atomic E-state index is -0.388. The Morgan fingerprint density at radius 1 is 1.04 bits per heavy atom. The van der Waals surface area contributed by atoms with Gasteiger partial charge in [-0.3, -0.25) is 14.9 Å². The van der Waals surface area contributed by atoms with Crippen molar-refractivity contribution in [2.75, 3.05) is 32.2 Å². The van der Waals surface area contributed by atoms with Crippen LogP contribution in [0.2, 0.25) is 0 Å². The fourth-order valence-electron chi connectivity index (χ4n) is 3.03. The number of amides is 2. The molecule has 0 spiro atoms. The highest BCUT2D eigenvalue weighted by Crippen LogP contribution is 2.42. The highest BCUT2D eigenvalue weighted by molar-refractivity contribution is 6.30. The second-order valence-corrected chi connectivity index (χ2v) is 5.90. The van der Waals surface area contributed by atoms with E-state index in [9.17, 15) is 9.59 Å². The van der Waals surface area contributed by atoms with Gasteiger partial charge in [0.25, 0.3) is 11.8 Å². The molecular weight excluding hydrogens is 320 g/mol. The van der Waals surface area contributed by atoms with Gasteiger partial charge in [-0.05, 0) is 11.8 Å². The molecule has 2 N–H and O–H groups in total. The number of methoxy groups -OCH3 is 1. The van der Waals surface area contributed by atoms with E-state index < -0.39 is 0 Å². The molecule has 1 aliphatic heterocycles. The molecule has 0 aliphatic carbocycles. The average molecular weight is 342 g/mol. The van der Waals surface area contributed by atoms with Gasteiger partial charge in [0.2, 0.25) is 0 Å². The van der Waals surface area contributed by atoms with Gasteiger partial charge in [-0.25, -0.2) is 0 Å². The van der Waals surface area contributed by atoms with Gasteiger partial charge in [0.1, 0.15) is 6.61 Å². The van der Waals surface area contributed by atoms with Gasteiger partial charge in [0.15, 0.2) is 5.75 Å². The summed E-state index contributed by atoms with van der Waals surface area (Å²) in [7, 11) is 1.61. The van der Waals surface area contributed by atoms with Crippen LogP contribution >= 0.6 is 0 Å². The first-order valence-corrected chi connectivity index (χ1v) is 8.49. The number of imide groups is 1. The van der Waals surface area contributed by atoms with Crippen LogP contribution in [0, 0.1) is 0 Å². The predicted molar refractivity (Wildman–Crippen MR) is 96.5 cm³/mol. The van der Waals surface area contributed by atoms with Gasteiger partial charge in [-0.15, -0.1) is 0 Å². The van der Waals surface area contributed by atoms with E-state index in [0.717, 1.165) is 18.2 Å². The van der Waals surface area contributed by atoms with Gasteiger partial charge >= 0.3 is 0 Å². The zero-order chi connectivity index (χ0) is 17.8. The van der Waals surface area contributed by atoms with Gasteiger partial charge in [-0.1, -0.05) is 37.6 Å². The van der Waals surface area contributed by atoms with Crippen molar-refractivity contribution in [3.05, 3.63) is 35.4 Å². The Hall–Kier alpha value is -2.60. The van der Waals surface area contributed by atoms with Crippen LogP contribution in [0.3, 0.4) is 0 Å². The van der Waals surface area contributed by atoms with E-state index in [1.54, 1.807) is 7.11 Å². The quantitative estimate of drug-likeness (QED) is 0.570. The second kappa shape index (κ2) is 7.53. The number of hydrogen-bond acceptors (Lipinski definition) is 5. The zero-order valence-electron chi connectivity index (χ0n) is 14.5. The first-order chi connectivity index (χ1) is 12.2. The third kappa shape index (κ3) is 3.17. The van der Waals surface area contributed by atoms with Crippen LogP contribution in [0.15, 0.2) is 24.3 Å². The van der Waals surface area contributed by atoms with E-state index in [1.165, 1.54) is 0 Å². The maximum Gasteiger partial charge on any atom is 0.261 e.